The fourth-order valence-electron chi connectivity index (χ4n) is 8.04. The SMILES string of the molecule is CCC[C@H]1CCC[C@H](N)C(=O)O[C@@H](C)[C@@H]1c1cccc(-c2cccc(C[C@H]3CCC[C@H](N)C(=O)O[C@@H](C)[C@@H]3c3ccccc3)c2)c1. The van der Waals surface area contributed by atoms with Gasteiger partial charge in [-0.15, -0.1) is 0 Å². The van der Waals surface area contributed by atoms with Gasteiger partial charge in [0.15, 0.2) is 0 Å². The molecule has 0 aliphatic carbocycles. The lowest BCUT2D eigenvalue weighted by Crippen LogP contribution is -2.35. The molecule has 3 aromatic rings. The maximum Gasteiger partial charge on any atom is 0.323 e. The van der Waals surface area contributed by atoms with Crippen LogP contribution in [0.5, 0.6) is 0 Å². The Morgan fingerprint density at radius 1 is 0.652 bits per heavy atom. The van der Waals surface area contributed by atoms with Crippen LogP contribution in [0.4, 0.5) is 0 Å². The van der Waals surface area contributed by atoms with Crippen molar-refractivity contribution in [2.75, 3.05) is 0 Å². The van der Waals surface area contributed by atoms with Crippen LogP contribution in [0.25, 0.3) is 11.1 Å². The molecule has 2 aliphatic rings. The van der Waals surface area contributed by atoms with Crippen LogP contribution in [0.2, 0.25) is 0 Å². The second-order valence-electron chi connectivity index (χ2n) is 13.7. The molecule has 8 atom stereocenters. The van der Waals surface area contributed by atoms with E-state index in [1.165, 1.54) is 22.3 Å². The van der Waals surface area contributed by atoms with Crippen molar-refractivity contribution in [1.82, 2.24) is 0 Å². The zero-order valence-electron chi connectivity index (χ0n) is 27.8. The maximum atomic E-state index is 12.7. The van der Waals surface area contributed by atoms with Gasteiger partial charge < -0.3 is 20.9 Å². The lowest BCUT2D eigenvalue weighted by atomic mass is 9.76. The topological polar surface area (TPSA) is 105 Å². The number of esters is 2. The predicted octanol–water partition coefficient (Wildman–Crippen LogP) is 7.68. The zero-order valence-corrected chi connectivity index (χ0v) is 27.8. The smallest absolute Gasteiger partial charge is 0.323 e. The van der Waals surface area contributed by atoms with Gasteiger partial charge in [0, 0.05) is 11.8 Å². The molecule has 0 amide bonds. The molecule has 5 rings (SSSR count). The van der Waals surface area contributed by atoms with Crippen molar-refractivity contribution in [3.63, 3.8) is 0 Å². The molecule has 0 spiro atoms. The van der Waals surface area contributed by atoms with Gasteiger partial charge in [0.05, 0.1) is 0 Å². The Balaban J connectivity index is 1.44. The summed E-state index contributed by atoms with van der Waals surface area (Å²) in [7, 11) is 0. The van der Waals surface area contributed by atoms with Crippen LogP contribution in [0.15, 0.2) is 78.9 Å². The number of hydrogen-bond acceptors (Lipinski definition) is 6. The number of ether oxygens (including phenoxy) is 2. The number of carbonyl (C=O) groups excluding carboxylic acids is 2. The predicted molar refractivity (Wildman–Crippen MR) is 184 cm³/mol. The molecular weight excluding hydrogens is 572 g/mol. The largest absolute Gasteiger partial charge is 0.461 e. The van der Waals surface area contributed by atoms with Crippen LogP contribution in [0.1, 0.15) is 101 Å². The normalized spacial score (nSPS) is 29.6. The number of nitrogens with two attached hydrogens (primary N) is 2. The van der Waals surface area contributed by atoms with E-state index in [1.807, 2.05) is 19.9 Å². The minimum atomic E-state index is -0.574. The van der Waals surface area contributed by atoms with Crippen LogP contribution < -0.4 is 11.5 Å². The lowest BCUT2D eigenvalue weighted by Gasteiger charge is -2.32. The highest BCUT2D eigenvalue weighted by molar-refractivity contribution is 5.76. The third-order valence-electron chi connectivity index (χ3n) is 10.3. The summed E-state index contributed by atoms with van der Waals surface area (Å²) in [6.07, 6.45) is 7.64. The van der Waals surface area contributed by atoms with Gasteiger partial charge in [0.25, 0.3) is 0 Å². The Morgan fingerprint density at radius 2 is 1.20 bits per heavy atom. The molecule has 0 unspecified atom stereocenters. The van der Waals surface area contributed by atoms with Crippen molar-refractivity contribution in [3.8, 4) is 11.1 Å². The first-order chi connectivity index (χ1) is 22.2. The summed E-state index contributed by atoms with van der Waals surface area (Å²) in [6.45, 7) is 6.27. The molecular formula is C40H52N2O4. The quantitative estimate of drug-likeness (QED) is 0.261. The number of carbonyl (C=O) groups is 2. The van der Waals surface area contributed by atoms with Crippen LogP contribution in [-0.4, -0.2) is 36.2 Å². The van der Waals surface area contributed by atoms with Gasteiger partial charge in [0.1, 0.15) is 24.3 Å². The van der Waals surface area contributed by atoms with Crippen molar-refractivity contribution in [2.45, 2.75) is 115 Å². The zero-order chi connectivity index (χ0) is 32.6. The Bertz CT molecular complexity index is 1440. The van der Waals surface area contributed by atoms with Crippen molar-refractivity contribution in [1.29, 1.82) is 0 Å². The van der Waals surface area contributed by atoms with E-state index < -0.39 is 12.1 Å². The van der Waals surface area contributed by atoms with Crippen molar-refractivity contribution < 1.29 is 19.1 Å². The van der Waals surface area contributed by atoms with Gasteiger partial charge in [-0.05, 0) is 92.0 Å². The number of cyclic esters (lactones) is 2. The minimum absolute atomic E-state index is 0.0682. The van der Waals surface area contributed by atoms with E-state index in [2.05, 4.69) is 79.7 Å². The summed E-state index contributed by atoms with van der Waals surface area (Å²) in [5, 5.41) is 0. The third kappa shape index (κ3) is 8.26. The fraction of sp³-hybridized carbons (Fsp3) is 0.500. The summed E-state index contributed by atoms with van der Waals surface area (Å²) in [5.41, 5.74) is 18.3. The van der Waals surface area contributed by atoms with Gasteiger partial charge in [-0.3, -0.25) is 9.59 Å². The molecule has 4 N–H and O–H groups in total. The van der Waals surface area contributed by atoms with Crippen LogP contribution in [-0.2, 0) is 25.5 Å². The summed E-state index contributed by atoms with van der Waals surface area (Å²) in [4.78, 5) is 25.4. The Morgan fingerprint density at radius 3 is 1.83 bits per heavy atom. The van der Waals surface area contributed by atoms with Crippen molar-refractivity contribution in [2.24, 2.45) is 23.3 Å². The molecule has 246 valence electrons. The van der Waals surface area contributed by atoms with E-state index in [-0.39, 0.29) is 41.9 Å². The molecule has 2 aliphatic heterocycles. The van der Waals surface area contributed by atoms with Crippen LogP contribution in [0, 0.1) is 11.8 Å². The van der Waals surface area contributed by atoms with Crippen LogP contribution in [0.3, 0.4) is 0 Å². The van der Waals surface area contributed by atoms with Gasteiger partial charge >= 0.3 is 11.9 Å². The number of rotatable bonds is 7. The molecule has 2 heterocycles. The van der Waals surface area contributed by atoms with E-state index in [4.69, 9.17) is 20.9 Å². The summed E-state index contributed by atoms with van der Waals surface area (Å²) in [6, 6.07) is 27.0. The molecule has 0 saturated carbocycles. The first-order valence-corrected chi connectivity index (χ1v) is 17.4. The van der Waals surface area contributed by atoms with E-state index in [9.17, 15) is 9.59 Å². The van der Waals surface area contributed by atoms with E-state index >= 15 is 0 Å². The van der Waals surface area contributed by atoms with E-state index in [1.54, 1.807) is 0 Å². The molecule has 0 radical (unpaired) electrons. The first kappa shape index (κ1) is 33.9. The minimum Gasteiger partial charge on any atom is -0.461 e. The summed E-state index contributed by atoms with van der Waals surface area (Å²) < 4.78 is 11.9. The molecule has 0 bridgehead atoms. The van der Waals surface area contributed by atoms with Gasteiger partial charge in [0.2, 0.25) is 0 Å². The summed E-state index contributed by atoms with van der Waals surface area (Å²) >= 11 is 0. The Kier molecular flexibility index (Phi) is 11.7. The standard InChI is InChI=1S/C40H52N2O4/c1-4-12-29-16-10-21-35(41)39(43)45-26(2)37(29)34-19-9-18-32(25-34)31-17-8-13-28(23-31)24-33-20-11-22-36(42)40(44)46-27(3)38(33)30-14-6-5-7-15-30/h5-9,13-15,17-19,23,25-27,29,33,35-38H,4,10-12,16,20-22,24,41-42H2,1-3H3/t26-,27-,29-,33+,35-,36-,37-,38+/m0/s1. The fourth-order valence-corrected chi connectivity index (χ4v) is 8.04. The maximum absolute atomic E-state index is 12.7. The van der Waals surface area contributed by atoms with Gasteiger partial charge in [-0.25, -0.2) is 0 Å². The molecule has 2 fully saturated rings. The Labute approximate surface area is 275 Å². The summed E-state index contributed by atoms with van der Waals surface area (Å²) in [5.74, 6) is 0.291. The Hall–Kier alpha value is -3.48. The van der Waals surface area contributed by atoms with Gasteiger partial charge in [-0.2, -0.15) is 0 Å². The van der Waals surface area contributed by atoms with E-state index in [0.717, 1.165) is 50.5 Å². The monoisotopic (exact) mass is 624 g/mol. The highest BCUT2D eigenvalue weighted by Gasteiger charge is 2.35. The van der Waals surface area contributed by atoms with Crippen LogP contribution >= 0.6 is 0 Å². The molecule has 3 aromatic carbocycles. The molecule has 46 heavy (non-hydrogen) atoms. The van der Waals surface area contributed by atoms with E-state index in [0.29, 0.717) is 18.8 Å². The second-order valence-corrected chi connectivity index (χ2v) is 13.7. The molecule has 0 aromatic heterocycles. The first-order valence-electron chi connectivity index (χ1n) is 17.4. The third-order valence-corrected chi connectivity index (χ3v) is 10.3. The highest BCUT2D eigenvalue weighted by Crippen LogP contribution is 2.40. The highest BCUT2D eigenvalue weighted by atomic mass is 16.5. The lowest BCUT2D eigenvalue weighted by molar-refractivity contribution is -0.152. The average molecular weight is 625 g/mol. The average Bonchev–Trinajstić information content (AvgIpc) is 3.13. The van der Waals surface area contributed by atoms with Crippen molar-refractivity contribution >= 4 is 11.9 Å². The molecule has 6 heteroatoms. The van der Waals surface area contributed by atoms with Crippen molar-refractivity contribution in [3.05, 3.63) is 95.6 Å². The number of hydrogen-bond donors (Lipinski definition) is 2. The van der Waals surface area contributed by atoms with Gasteiger partial charge in [-0.1, -0.05) is 105 Å². The molecule has 2 saturated heterocycles. The number of benzene rings is 3. The second kappa shape index (κ2) is 15.9. The molecule has 6 nitrogen and oxygen atoms in total.